The third-order valence-electron chi connectivity index (χ3n) is 2.84. The zero-order valence-corrected chi connectivity index (χ0v) is 12.4. The van der Waals surface area contributed by atoms with Crippen LogP contribution in [-0.2, 0) is 11.3 Å². The van der Waals surface area contributed by atoms with Gasteiger partial charge in [-0.3, -0.25) is 0 Å². The van der Waals surface area contributed by atoms with Crippen LogP contribution < -0.4 is 10.5 Å². The molecule has 0 unspecified atom stereocenters. The van der Waals surface area contributed by atoms with Gasteiger partial charge in [-0.15, -0.1) is 0 Å². The van der Waals surface area contributed by atoms with Crippen LogP contribution in [0.2, 0.25) is 0 Å². The van der Waals surface area contributed by atoms with Gasteiger partial charge in [0.2, 0.25) is 0 Å². The fraction of sp³-hybridized carbons (Fsp3) is 0.188. The predicted octanol–water partition coefficient (Wildman–Crippen LogP) is 3.57. The Balaban J connectivity index is 2.30. The summed E-state index contributed by atoms with van der Waals surface area (Å²) in [6, 6.07) is 13.5. The molecule has 0 fully saturated rings. The molecule has 2 N–H and O–H groups in total. The molecule has 0 saturated heterocycles. The van der Waals surface area contributed by atoms with Crippen LogP contribution in [0.5, 0.6) is 11.5 Å². The Labute approximate surface area is 124 Å². The molecule has 2 aromatic rings. The van der Waals surface area contributed by atoms with Crippen LogP contribution in [0.15, 0.2) is 42.5 Å². The quantitative estimate of drug-likeness (QED) is 0.854. The minimum atomic E-state index is 0.330. The Morgan fingerprint density at radius 2 is 2.00 bits per heavy atom. The topological polar surface area (TPSA) is 44.5 Å². The summed E-state index contributed by atoms with van der Waals surface area (Å²) in [4.78, 5) is 0.330. The standard InChI is InChI=1S/C16H17NO2S/c1-11-6-7-15(14(8-11)16(17)20)19-13-5-3-4-12(9-13)10-18-2/h3-9H,10H2,1-2H3,(H2,17,20). The van der Waals surface area contributed by atoms with Gasteiger partial charge in [-0.1, -0.05) is 36.0 Å². The first-order valence-corrected chi connectivity index (χ1v) is 6.67. The summed E-state index contributed by atoms with van der Waals surface area (Å²) in [6.07, 6.45) is 0. The molecule has 0 aromatic heterocycles. The molecule has 0 atom stereocenters. The Hall–Kier alpha value is -1.91. The van der Waals surface area contributed by atoms with E-state index in [9.17, 15) is 0 Å². The minimum Gasteiger partial charge on any atom is -0.457 e. The van der Waals surface area contributed by atoms with E-state index in [1.165, 1.54) is 0 Å². The second-order valence-corrected chi connectivity index (χ2v) is 4.99. The first-order valence-electron chi connectivity index (χ1n) is 6.26. The van der Waals surface area contributed by atoms with Gasteiger partial charge in [-0.25, -0.2) is 0 Å². The average molecular weight is 287 g/mol. The van der Waals surface area contributed by atoms with Crippen LogP contribution in [0.25, 0.3) is 0 Å². The van der Waals surface area contributed by atoms with Crippen LogP contribution in [0.3, 0.4) is 0 Å². The lowest BCUT2D eigenvalue weighted by Gasteiger charge is -2.12. The van der Waals surface area contributed by atoms with Gasteiger partial charge >= 0.3 is 0 Å². The molecule has 0 heterocycles. The zero-order chi connectivity index (χ0) is 14.5. The molecule has 0 spiro atoms. The molecule has 3 nitrogen and oxygen atoms in total. The number of nitrogens with two attached hydrogens (primary N) is 1. The fourth-order valence-electron chi connectivity index (χ4n) is 1.92. The summed E-state index contributed by atoms with van der Waals surface area (Å²) in [5, 5.41) is 0. The van der Waals surface area contributed by atoms with Crippen molar-refractivity contribution >= 4 is 17.2 Å². The summed E-state index contributed by atoms with van der Waals surface area (Å²) >= 11 is 5.07. The van der Waals surface area contributed by atoms with Crippen LogP contribution >= 0.6 is 12.2 Å². The Kier molecular flexibility index (Phi) is 4.71. The van der Waals surface area contributed by atoms with Gasteiger partial charge in [0.25, 0.3) is 0 Å². The maximum Gasteiger partial charge on any atom is 0.137 e. The maximum atomic E-state index is 5.89. The van der Waals surface area contributed by atoms with E-state index in [2.05, 4.69) is 0 Å². The number of benzene rings is 2. The third-order valence-corrected chi connectivity index (χ3v) is 3.06. The average Bonchev–Trinajstić information content (AvgIpc) is 2.41. The first-order chi connectivity index (χ1) is 9.60. The molecule has 0 aliphatic rings. The van der Waals surface area contributed by atoms with Gasteiger partial charge in [-0.2, -0.15) is 0 Å². The highest BCUT2D eigenvalue weighted by Crippen LogP contribution is 2.27. The van der Waals surface area contributed by atoms with E-state index < -0.39 is 0 Å². The van der Waals surface area contributed by atoms with Crippen molar-refractivity contribution in [2.45, 2.75) is 13.5 Å². The second-order valence-electron chi connectivity index (χ2n) is 4.55. The summed E-state index contributed by atoms with van der Waals surface area (Å²) in [6.45, 7) is 2.54. The highest BCUT2D eigenvalue weighted by Gasteiger charge is 2.08. The second kappa shape index (κ2) is 6.50. The maximum absolute atomic E-state index is 5.89. The molecule has 2 aromatic carbocycles. The van der Waals surface area contributed by atoms with Crippen LogP contribution in [0.4, 0.5) is 0 Å². The number of methoxy groups -OCH3 is 1. The van der Waals surface area contributed by atoms with E-state index in [4.69, 9.17) is 27.4 Å². The summed E-state index contributed by atoms with van der Waals surface area (Å²) < 4.78 is 11.0. The molecule has 0 aliphatic carbocycles. The van der Waals surface area contributed by atoms with Crippen LogP contribution in [0.1, 0.15) is 16.7 Å². The smallest absolute Gasteiger partial charge is 0.137 e. The predicted molar refractivity (Wildman–Crippen MR) is 84.3 cm³/mol. The monoisotopic (exact) mass is 287 g/mol. The normalized spacial score (nSPS) is 10.3. The molecule has 2 rings (SSSR count). The molecule has 104 valence electrons. The van der Waals surface area contributed by atoms with Gasteiger partial charge in [0.05, 0.1) is 12.2 Å². The van der Waals surface area contributed by atoms with Crippen molar-refractivity contribution in [1.82, 2.24) is 0 Å². The van der Waals surface area contributed by atoms with E-state index in [-0.39, 0.29) is 0 Å². The van der Waals surface area contributed by atoms with E-state index in [0.717, 1.165) is 22.4 Å². The van der Waals surface area contributed by atoms with Crippen molar-refractivity contribution in [2.24, 2.45) is 5.73 Å². The Bertz CT molecular complexity index is 626. The first kappa shape index (κ1) is 14.5. The van der Waals surface area contributed by atoms with Crippen molar-refractivity contribution in [2.75, 3.05) is 7.11 Å². The third kappa shape index (κ3) is 3.56. The van der Waals surface area contributed by atoms with Crippen LogP contribution in [0, 0.1) is 6.92 Å². The van der Waals surface area contributed by atoms with Gasteiger partial charge < -0.3 is 15.2 Å². The number of ether oxygens (including phenoxy) is 2. The number of aryl methyl sites for hydroxylation is 1. The van der Waals surface area contributed by atoms with Crippen molar-refractivity contribution in [1.29, 1.82) is 0 Å². The fourth-order valence-corrected chi connectivity index (χ4v) is 2.08. The van der Waals surface area contributed by atoms with Gasteiger partial charge in [0, 0.05) is 7.11 Å². The minimum absolute atomic E-state index is 0.330. The molecule has 0 saturated carbocycles. The van der Waals surface area contributed by atoms with Crippen molar-refractivity contribution < 1.29 is 9.47 Å². The van der Waals surface area contributed by atoms with E-state index >= 15 is 0 Å². The molecule has 0 aliphatic heterocycles. The van der Waals surface area contributed by atoms with Gasteiger partial charge in [0.15, 0.2) is 0 Å². The number of thiocarbonyl (C=S) groups is 1. The molecule has 0 amide bonds. The molecule has 20 heavy (non-hydrogen) atoms. The highest BCUT2D eigenvalue weighted by atomic mass is 32.1. The molecule has 4 heteroatoms. The Morgan fingerprint density at radius 3 is 2.70 bits per heavy atom. The molecule has 0 radical (unpaired) electrons. The van der Waals surface area contributed by atoms with Gasteiger partial charge in [0.1, 0.15) is 16.5 Å². The lowest BCUT2D eigenvalue weighted by atomic mass is 10.1. The lowest BCUT2D eigenvalue weighted by molar-refractivity contribution is 0.184. The highest BCUT2D eigenvalue weighted by molar-refractivity contribution is 7.80. The number of hydrogen-bond donors (Lipinski definition) is 1. The number of hydrogen-bond acceptors (Lipinski definition) is 3. The molecule has 0 bridgehead atoms. The van der Waals surface area contributed by atoms with Gasteiger partial charge in [-0.05, 0) is 36.8 Å². The zero-order valence-electron chi connectivity index (χ0n) is 11.6. The van der Waals surface area contributed by atoms with Crippen molar-refractivity contribution in [3.8, 4) is 11.5 Å². The van der Waals surface area contributed by atoms with E-state index in [1.807, 2.05) is 49.4 Å². The molecular formula is C16H17NO2S. The Morgan fingerprint density at radius 1 is 1.20 bits per heavy atom. The summed E-state index contributed by atoms with van der Waals surface area (Å²) in [5.74, 6) is 1.40. The molecular weight excluding hydrogens is 270 g/mol. The summed E-state index contributed by atoms with van der Waals surface area (Å²) in [7, 11) is 1.67. The summed E-state index contributed by atoms with van der Waals surface area (Å²) in [5.41, 5.74) is 8.63. The largest absolute Gasteiger partial charge is 0.457 e. The van der Waals surface area contributed by atoms with E-state index in [0.29, 0.717) is 17.3 Å². The van der Waals surface area contributed by atoms with E-state index in [1.54, 1.807) is 7.11 Å². The van der Waals surface area contributed by atoms with Crippen LogP contribution in [-0.4, -0.2) is 12.1 Å². The van der Waals surface area contributed by atoms with Crippen molar-refractivity contribution in [3.63, 3.8) is 0 Å². The lowest BCUT2D eigenvalue weighted by Crippen LogP contribution is -2.11. The number of rotatable bonds is 5. The van der Waals surface area contributed by atoms with Crippen molar-refractivity contribution in [3.05, 3.63) is 59.2 Å². The SMILES string of the molecule is COCc1cccc(Oc2ccc(C)cc2C(N)=S)c1.